The van der Waals surface area contributed by atoms with Crippen LogP contribution in [0.3, 0.4) is 0 Å². The lowest BCUT2D eigenvalue weighted by Crippen LogP contribution is -2.13. The van der Waals surface area contributed by atoms with Crippen LogP contribution in [-0.2, 0) is 6.42 Å². The summed E-state index contributed by atoms with van der Waals surface area (Å²) < 4.78 is 0. The van der Waals surface area contributed by atoms with E-state index in [-0.39, 0.29) is 5.91 Å². The Labute approximate surface area is 192 Å². The average Bonchev–Trinajstić information content (AvgIpc) is 2.86. The molecule has 0 radical (unpaired) electrons. The van der Waals surface area contributed by atoms with Crippen LogP contribution in [-0.4, -0.2) is 20.9 Å². The van der Waals surface area contributed by atoms with E-state index in [1.807, 2.05) is 79.7 Å². The molecular formula is C28H22N4O. The zero-order valence-electron chi connectivity index (χ0n) is 18.2. The molecule has 0 aliphatic heterocycles. The SMILES string of the molecule is Cc1ccc2nc(-c3ccncc3)cc(C(=O)Nc3ccc(Cc4ccncc4)cc3)c2c1. The Morgan fingerprint density at radius 3 is 2.18 bits per heavy atom. The van der Waals surface area contributed by atoms with E-state index >= 15 is 0 Å². The van der Waals surface area contributed by atoms with E-state index in [1.165, 1.54) is 11.1 Å². The first-order valence-electron chi connectivity index (χ1n) is 10.8. The highest BCUT2D eigenvalue weighted by Crippen LogP contribution is 2.26. The fourth-order valence-electron chi connectivity index (χ4n) is 3.84. The van der Waals surface area contributed by atoms with Crippen molar-refractivity contribution in [2.75, 3.05) is 5.32 Å². The van der Waals surface area contributed by atoms with Crippen molar-refractivity contribution in [1.29, 1.82) is 0 Å². The van der Waals surface area contributed by atoms with Crippen LogP contribution >= 0.6 is 0 Å². The monoisotopic (exact) mass is 430 g/mol. The van der Waals surface area contributed by atoms with Crippen LogP contribution in [0.5, 0.6) is 0 Å². The molecule has 1 amide bonds. The number of carbonyl (C=O) groups is 1. The largest absolute Gasteiger partial charge is 0.322 e. The van der Waals surface area contributed by atoms with Crippen molar-refractivity contribution >= 4 is 22.5 Å². The van der Waals surface area contributed by atoms with Crippen LogP contribution in [0.4, 0.5) is 5.69 Å². The van der Waals surface area contributed by atoms with E-state index in [1.54, 1.807) is 24.8 Å². The van der Waals surface area contributed by atoms with Gasteiger partial charge in [-0.2, -0.15) is 0 Å². The first-order valence-corrected chi connectivity index (χ1v) is 10.8. The number of hydrogen-bond acceptors (Lipinski definition) is 4. The summed E-state index contributed by atoms with van der Waals surface area (Å²) in [4.78, 5) is 26.3. The second-order valence-corrected chi connectivity index (χ2v) is 7.99. The molecule has 3 aromatic heterocycles. The molecule has 0 aliphatic rings. The minimum atomic E-state index is -0.162. The Morgan fingerprint density at radius 1 is 0.788 bits per heavy atom. The third-order valence-corrected chi connectivity index (χ3v) is 5.55. The molecule has 3 heterocycles. The van der Waals surface area contributed by atoms with Gasteiger partial charge in [-0.25, -0.2) is 4.98 Å². The zero-order valence-corrected chi connectivity index (χ0v) is 18.2. The molecule has 0 saturated heterocycles. The van der Waals surface area contributed by atoms with Gasteiger partial charge in [0.2, 0.25) is 0 Å². The quantitative estimate of drug-likeness (QED) is 0.380. The second kappa shape index (κ2) is 9.01. The molecule has 0 fully saturated rings. The topological polar surface area (TPSA) is 67.8 Å². The molecule has 0 bridgehead atoms. The van der Waals surface area contributed by atoms with E-state index in [0.29, 0.717) is 5.56 Å². The fourth-order valence-corrected chi connectivity index (χ4v) is 3.84. The molecule has 0 spiro atoms. The number of hydrogen-bond donors (Lipinski definition) is 1. The van der Waals surface area contributed by atoms with Crippen molar-refractivity contribution < 1.29 is 4.79 Å². The van der Waals surface area contributed by atoms with Crippen molar-refractivity contribution in [1.82, 2.24) is 15.0 Å². The molecule has 2 aromatic carbocycles. The lowest BCUT2D eigenvalue weighted by molar-refractivity contribution is 0.102. The maximum absolute atomic E-state index is 13.3. The zero-order chi connectivity index (χ0) is 22.6. The van der Waals surface area contributed by atoms with Gasteiger partial charge in [0.05, 0.1) is 16.8 Å². The normalized spacial score (nSPS) is 10.8. The number of amides is 1. The molecule has 0 unspecified atom stereocenters. The highest BCUT2D eigenvalue weighted by Gasteiger charge is 2.15. The minimum absolute atomic E-state index is 0.162. The third-order valence-electron chi connectivity index (χ3n) is 5.55. The minimum Gasteiger partial charge on any atom is -0.322 e. The molecule has 5 nitrogen and oxygen atoms in total. The van der Waals surface area contributed by atoms with Gasteiger partial charge >= 0.3 is 0 Å². The molecule has 5 aromatic rings. The summed E-state index contributed by atoms with van der Waals surface area (Å²) in [6.45, 7) is 2.01. The summed E-state index contributed by atoms with van der Waals surface area (Å²) >= 11 is 0. The first kappa shape index (κ1) is 20.5. The lowest BCUT2D eigenvalue weighted by atomic mass is 10.0. The standard InChI is InChI=1S/C28H22N4O/c1-19-2-7-26-24(16-19)25(18-27(32-26)22-10-14-30-15-11-22)28(33)31-23-5-3-20(4-6-23)17-21-8-12-29-13-9-21/h2-16,18H,17H2,1H3,(H,31,33). The van der Waals surface area contributed by atoms with Gasteiger partial charge in [0.25, 0.3) is 5.91 Å². The summed E-state index contributed by atoms with van der Waals surface area (Å²) in [7, 11) is 0. The number of aryl methyl sites for hydroxylation is 1. The number of fused-ring (bicyclic) bond motifs is 1. The Kier molecular flexibility index (Phi) is 5.60. The van der Waals surface area contributed by atoms with E-state index in [0.717, 1.165) is 39.8 Å². The smallest absolute Gasteiger partial charge is 0.256 e. The summed E-state index contributed by atoms with van der Waals surface area (Å²) in [5.41, 5.74) is 7.24. The fraction of sp³-hybridized carbons (Fsp3) is 0.0714. The van der Waals surface area contributed by atoms with Gasteiger partial charge in [-0.3, -0.25) is 14.8 Å². The van der Waals surface area contributed by atoms with E-state index < -0.39 is 0 Å². The molecule has 5 rings (SSSR count). The Hall–Kier alpha value is -4.38. The molecule has 5 heteroatoms. The number of benzene rings is 2. The molecule has 33 heavy (non-hydrogen) atoms. The van der Waals surface area contributed by atoms with Crippen LogP contribution in [0.15, 0.2) is 97.6 Å². The van der Waals surface area contributed by atoms with Gasteiger partial charge in [0.1, 0.15) is 0 Å². The summed E-state index contributed by atoms with van der Waals surface area (Å²) in [6, 6.07) is 23.6. The predicted molar refractivity (Wildman–Crippen MR) is 131 cm³/mol. The number of anilines is 1. The maximum Gasteiger partial charge on any atom is 0.256 e. The third kappa shape index (κ3) is 4.62. The number of aromatic nitrogens is 3. The summed E-state index contributed by atoms with van der Waals surface area (Å²) in [6.07, 6.45) is 7.86. The van der Waals surface area contributed by atoms with Crippen molar-refractivity contribution in [3.05, 3.63) is 120 Å². The number of pyridine rings is 3. The van der Waals surface area contributed by atoms with Gasteiger partial charge in [0.15, 0.2) is 0 Å². The number of rotatable bonds is 5. The highest BCUT2D eigenvalue weighted by atomic mass is 16.1. The number of carbonyl (C=O) groups excluding carboxylic acids is 1. The van der Waals surface area contributed by atoms with Crippen molar-refractivity contribution in [2.24, 2.45) is 0 Å². The maximum atomic E-state index is 13.3. The molecule has 1 N–H and O–H groups in total. The van der Waals surface area contributed by atoms with Crippen LogP contribution in [0, 0.1) is 6.92 Å². The molecule has 0 aliphatic carbocycles. The second-order valence-electron chi connectivity index (χ2n) is 7.99. The van der Waals surface area contributed by atoms with Crippen LogP contribution < -0.4 is 5.32 Å². The summed E-state index contributed by atoms with van der Waals surface area (Å²) in [5.74, 6) is -0.162. The van der Waals surface area contributed by atoms with Crippen LogP contribution in [0.25, 0.3) is 22.2 Å². The highest BCUT2D eigenvalue weighted by molar-refractivity contribution is 6.13. The van der Waals surface area contributed by atoms with Gasteiger partial charge in [-0.1, -0.05) is 23.8 Å². The van der Waals surface area contributed by atoms with Gasteiger partial charge in [-0.05, 0) is 79.1 Å². The average molecular weight is 431 g/mol. The molecule has 0 saturated carbocycles. The van der Waals surface area contributed by atoms with Crippen LogP contribution in [0.2, 0.25) is 0 Å². The first-order chi connectivity index (χ1) is 16.2. The lowest BCUT2D eigenvalue weighted by Gasteiger charge is -2.12. The number of nitrogens with one attached hydrogen (secondary N) is 1. The van der Waals surface area contributed by atoms with Crippen molar-refractivity contribution in [3.63, 3.8) is 0 Å². The molecular weight excluding hydrogens is 408 g/mol. The van der Waals surface area contributed by atoms with E-state index in [9.17, 15) is 4.79 Å². The van der Waals surface area contributed by atoms with Crippen molar-refractivity contribution in [2.45, 2.75) is 13.3 Å². The van der Waals surface area contributed by atoms with Crippen LogP contribution in [0.1, 0.15) is 27.0 Å². The van der Waals surface area contributed by atoms with E-state index in [2.05, 4.69) is 15.3 Å². The molecule has 0 atom stereocenters. The Balaban J connectivity index is 1.44. The van der Waals surface area contributed by atoms with Gasteiger partial charge in [-0.15, -0.1) is 0 Å². The summed E-state index contributed by atoms with van der Waals surface area (Å²) in [5, 5.41) is 3.88. The Bertz CT molecular complexity index is 1420. The van der Waals surface area contributed by atoms with E-state index in [4.69, 9.17) is 4.98 Å². The van der Waals surface area contributed by atoms with Crippen molar-refractivity contribution in [3.8, 4) is 11.3 Å². The number of nitrogens with zero attached hydrogens (tertiary/aromatic N) is 3. The van der Waals surface area contributed by atoms with Gasteiger partial charge < -0.3 is 5.32 Å². The van der Waals surface area contributed by atoms with Gasteiger partial charge in [0, 0.05) is 41.4 Å². The predicted octanol–water partition coefficient (Wildman–Crippen LogP) is 5.84. The Morgan fingerprint density at radius 2 is 1.45 bits per heavy atom. The molecule has 160 valence electrons.